The molecule has 6 nitrogen and oxygen atoms in total. The van der Waals surface area contributed by atoms with Crippen LogP contribution in [0.4, 0.5) is 0 Å². The third kappa shape index (κ3) is 4.33. The molecule has 27 heavy (non-hydrogen) atoms. The van der Waals surface area contributed by atoms with Crippen LogP contribution in [0.15, 0.2) is 34.9 Å². The zero-order valence-corrected chi connectivity index (χ0v) is 16.8. The van der Waals surface area contributed by atoms with Gasteiger partial charge >= 0.3 is 0 Å². The van der Waals surface area contributed by atoms with Gasteiger partial charge in [-0.15, -0.1) is 0 Å². The monoisotopic (exact) mass is 371 g/mol. The van der Waals surface area contributed by atoms with E-state index in [0.29, 0.717) is 11.5 Å². The number of methoxy groups -OCH3 is 1. The first-order valence-corrected chi connectivity index (χ1v) is 9.33. The second kappa shape index (κ2) is 7.72. The summed E-state index contributed by atoms with van der Waals surface area (Å²) in [6.45, 7) is 5.17. The summed E-state index contributed by atoms with van der Waals surface area (Å²) in [7, 11) is 5.63. The van der Waals surface area contributed by atoms with Gasteiger partial charge in [-0.1, -0.05) is 19.0 Å². The largest absolute Gasteiger partial charge is 0.497 e. The second-order valence-electron chi connectivity index (χ2n) is 8.24. The van der Waals surface area contributed by atoms with Crippen LogP contribution in [0.3, 0.4) is 0 Å². The Labute approximate surface area is 160 Å². The van der Waals surface area contributed by atoms with E-state index in [2.05, 4.69) is 29.2 Å². The number of amides is 1. The Kier molecular flexibility index (Phi) is 5.56. The van der Waals surface area contributed by atoms with Crippen LogP contribution in [0.5, 0.6) is 5.75 Å². The maximum Gasteiger partial charge on any atom is 0.251 e. The van der Waals surface area contributed by atoms with Crippen molar-refractivity contribution in [3.8, 4) is 5.75 Å². The summed E-state index contributed by atoms with van der Waals surface area (Å²) in [5, 5.41) is 7.38. The summed E-state index contributed by atoms with van der Waals surface area (Å²) in [6, 6.07) is 9.39. The van der Waals surface area contributed by atoms with Gasteiger partial charge in [0.2, 0.25) is 0 Å². The molecule has 1 saturated carbocycles. The fraction of sp³-hybridized carbons (Fsp3) is 0.524. The summed E-state index contributed by atoms with van der Waals surface area (Å²) in [5.74, 6) is 2.06. The highest BCUT2D eigenvalue weighted by Gasteiger charge is 2.48. The van der Waals surface area contributed by atoms with Crippen LogP contribution in [-0.4, -0.2) is 43.2 Å². The highest BCUT2D eigenvalue weighted by atomic mass is 16.5. The van der Waals surface area contributed by atoms with Gasteiger partial charge in [0, 0.05) is 17.7 Å². The Morgan fingerprint density at radius 3 is 2.63 bits per heavy atom. The van der Waals surface area contributed by atoms with Crippen molar-refractivity contribution in [2.75, 3.05) is 21.2 Å². The van der Waals surface area contributed by atoms with E-state index in [1.165, 1.54) is 0 Å². The summed E-state index contributed by atoms with van der Waals surface area (Å²) in [4.78, 5) is 14.6. The maximum absolute atomic E-state index is 12.5. The number of rotatable bonds is 7. The molecule has 0 saturated heterocycles. The number of nitrogens with zero attached hydrogens (tertiary/aromatic N) is 2. The topological polar surface area (TPSA) is 67.6 Å². The van der Waals surface area contributed by atoms with Gasteiger partial charge in [-0.25, -0.2) is 0 Å². The van der Waals surface area contributed by atoms with Crippen molar-refractivity contribution in [2.24, 2.45) is 11.3 Å². The fourth-order valence-corrected chi connectivity index (χ4v) is 3.68. The lowest BCUT2D eigenvalue weighted by atomic mass is 9.57. The third-order valence-electron chi connectivity index (χ3n) is 5.66. The van der Waals surface area contributed by atoms with Crippen LogP contribution >= 0.6 is 0 Å². The average Bonchev–Trinajstić information content (AvgIpc) is 3.07. The molecule has 6 heteroatoms. The van der Waals surface area contributed by atoms with E-state index >= 15 is 0 Å². The minimum Gasteiger partial charge on any atom is -0.497 e. The molecule has 0 bridgehead atoms. The summed E-state index contributed by atoms with van der Waals surface area (Å²) < 4.78 is 10.6. The number of carbonyl (C=O) groups is 1. The smallest absolute Gasteiger partial charge is 0.251 e. The predicted octanol–water partition coefficient (Wildman–Crippen LogP) is 3.13. The van der Waals surface area contributed by atoms with Crippen molar-refractivity contribution in [2.45, 2.75) is 39.3 Å². The summed E-state index contributed by atoms with van der Waals surface area (Å²) in [6.07, 6.45) is 1.82. The molecule has 3 rings (SSSR count). The SMILES string of the molecule is COc1ccc(C(=O)NC2CC(Cc3cc(CN(C)C)on3)C2(C)C)cc1. The molecule has 1 aliphatic rings. The van der Waals surface area contributed by atoms with Gasteiger partial charge in [0.05, 0.1) is 19.3 Å². The van der Waals surface area contributed by atoms with Crippen LogP contribution in [0, 0.1) is 11.3 Å². The maximum atomic E-state index is 12.5. The molecule has 2 aromatic rings. The van der Waals surface area contributed by atoms with Crippen molar-refractivity contribution in [3.63, 3.8) is 0 Å². The van der Waals surface area contributed by atoms with E-state index in [1.807, 2.05) is 20.2 Å². The molecule has 1 aromatic carbocycles. The average molecular weight is 371 g/mol. The first-order chi connectivity index (χ1) is 12.8. The van der Waals surface area contributed by atoms with Crippen molar-refractivity contribution in [1.29, 1.82) is 0 Å². The van der Waals surface area contributed by atoms with Crippen molar-refractivity contribution >= 4 is 5.91 Å². The van der Waals surface area contributed by atoms with Crippen LogP contribution in [0.2, 0.25) is 0 Å². The zero-order chi connectivity index (χ0) is 19.6. The Bertz CT molecular complexity index is 780. The Hall–Kier alpha value is -2.34. The highest BCUT2D eigenvalue weighted by molar-refractivity contribution is 5.94. The molecule has 2 unspecified atom stereocenters. The Morgan fingerprint density at radius 1 is 1.33 bits per heavy atom. The number of hydrogen-bond donors (Lipinski definition) is 1. The van der Waals surface area contributed by atoms with Crippen LogP contribution < -0.4 is 10.1 Å². The minimum absolute atomic E-state index is 0.0167. The third-order valence-corrected chi connectivity index (χ3v) is 5.66. The molecule has 1 heterocycles. The van der Waals surface area contributed by atoms with Crippen LogP contribution in [0.25, 0.3) is 0 Å². The van der Waals surface area contributed by atoms with E-state index in [4.69, 9.17) is 9.26 Å². The van der Waals surface area contributed by atoms with Gasteiger partial charge < -0.3 is 19.5 Å². The predicted molar refractivity (Wildman–Crippen MR) is 104 cm³/mol. The van der Waals surface area contributed by atoms with Gasteiger partial charge in [-0.05, 0) is 62.5 Å². The van der Waals surface area contributed by atoms with Gasteiger partial charge in [0.15, 0.2) is 5.76 Å². The molecule has 1 amide bonds. The van der Waals surface area contributed by atoms with Crippen molar-refractivity contribution < 1.29 is 14.1 Å². The minimum atomic E-state index is -0.0381. The number of aromatic nitrogens is 1. The Balaban J connectivity index is 1.55. The van der Waals surface area contributed by atoms with E-state index in [1.54, 1.807) is 31.4 Å². The molecule has 0 radical (unpaired) electrons. The normalized spacial score (nSPS) is 21.0. The molecule has 2 atom stereocenters. The number of ether oxygens (including phenoxy) is 1. The van der Waals surface area contributed by atoms with Gasteiger partial charge in [-0.2, -0.15) is 0 Å². The quantitative estimate of drug-likeness (QED) is 0.810. The molecule has 0 spiro atoms. The van der Waals surface area contributed by atoms with Crippen LogP contribution in [-0.2, 0) is 13.0 Å². The number of carbonyl (C=O) groups excluding carboxylic acids is 1. The zero-order valence-electron chi connectivity index (χ0n) is 16.8. The Morgan fingerprint density at radius 2 is 2.04 bits per heavy atom. The number of benzene rings is 1. The molecule has 1 aliphatic carbocycles. The lowest BCUT2D eigenvalue weighted by Crippen LogP contribution is -2.58. The summed E-state index contributed by atoms with van der Waals surface area (Å²) >= 11 is 0. The fourth-order valence-electron chi connectivity index (χ4n) is 3.68. The lowest BCUT2D eigenvalue weighted by Gasteiger charge is -2.52. The molecular weight excluding hydrogens is 342 g/mol. The first kappa shape index (κ1) is 19.4. The van der Waals surface area contributed by atoms with E-state index in [-0.39, 0.29) is 17.4 Å². The van der Waals surface area contributed by atoms with E-state index < -0.39 is 0 Å². The summed E-state index contributed by atoms with van der Waals surface area (Å²) in [5.41, 5.74) is 1.66. The standard InChI is InChI=1S/C21H29N3O3/c1-21(2)15(10-16-12-18(27-23-16)13-24(3)4)11-19(21)22-20(25)14-6-8-17(26-5)9-7-14/h6-9,12,15,19H,10-11,13H2,1-5H3,(H,22,25). The molecular formula is C21H29N3O3. The van der Waals surface area contributed by atoms with Crippen molar-refractivity contribution in [3.05, 3.63) is 47.3 Å². The molecule has 146 valence electrons. The first-order valence-electron chi connectivity index (χ1n) is 9.33. The number of nitrogens with one attached hydrogen (secondary N) is 1. The molecule has 1 fully saturated rings. The molecule has 0 aliphatic heterocycles. The van der Waals surface area contributed by atoms with E-state index in [0.717, 1.165) is 36.6 Å². The second-order valence-corrected chi connectivity index (χ2v) is 8.24. The lowest BCUT2D eigenvalue weighted by molar-refractivity contribution is 0.0138. The highest BCUT2D eigenvalue weighted by Crippen LogP contribution is 2.47. The van der Waals surface area contributed by atoms with Gasteiger partial charge in [0.1, 0.15) is 5.75 Å². The molecule has 1 aromatic heterocycles. The number of hydrogen-bond acceptors (Lipinski definition) is 5. The van der Waals surface area contributed by atoms with Crippen molar-refractivity contribution in [1.82, 2.24) is 15.4 Å². The molecule has 1 N–H and O–H groups in total. The van der Waals surface area contributed by atoms with Gasteiger partial charge in [0.25, 0.3) is 5.91 Å². The van der Waals surface area contributed by atoms with E-state index in [9.17, 15) is 4.79 Å². The van der Waals surface area contributed by atoms with Gasteiger partial charge in [-0.3, -0.25) is 4.79 Å². The van der Waals surface area contributed by atoms with Crippen LogP contribution in [0.1, 0.15) is 42.1 Å².